The Morgan fingerprint density at radius 1 is 1.00 bits per heavy atom. The molecule has 4 aromatic rings. The molecule has 5 rings (SSSR count). The van der Waals surface area contributed by atoms with Gasteiger partial charge in [-0.15, -0.1) is 0 Å². The molecule has 3 aromatic carbocycles. The second kappa shape index (κ2) is 11.5. The van der Waals surface area contributed by atoms with E-state index in [0.717, 1.165) is 22.9 Å². The average Bonchev–Trinajstić information content (AvgIpc) is 3.63. The second-order valence-electron chi connectivity index (χ2n) is 9.96. The molecule has 1 aliphatic rings. The summed E-state index contributed by atoms with van der Waals surface area (Å²) in [4.78, 5) is 49.8. The van der Waals surface area contributed by atoms with Crippen LogP contribution in [0.15, 0.2) is 79.0 Å². The molecule has 210 valence electrons. The molecule has 1 aromatic heterocycles. The van der Waals surface area contributed by atoms with E-state index in [1.165, 1.54) is 4.90 Å². The molecule has 1 saturated heterocycles. The van der Waals surface area contributed by atoms with E-state index in [9.17, 15) is 19.2 Å². The molecule has 41 heavy (non-hydrogen) atoms. The monoisotopic (exact) mass is 554 g/mol. The van der Waals surface area contributed by atoms with Crippen LogP contribution < -0.4 is 21.5 Å². The van der Waals surface area contributed by atoms with Gasteiger partial charge in [0.1, 0.15) is 17.9 Å². The summed E-state index contributed by atoms with van der Waals surface area (Å²) in [6.45, 7) is 2.22. The normalized spacial score (nSPS) is 16.2. The molecule has 0 bridgehead atoms. The maximum absolute atomic E-state index is 13.2. The Morgan fingerprint density at radius 3 is 2.51 bits per heavy atom. The number of carbonyl (C=O) groups is 4. The fourth-order valence-electron chi connectivity index (χ4n) is 5.13. The van der Waals surface area contributed by atoms with Crippen LogP contribution in [0.4, 0.5) is 0 Å². The minimum Gasteiger partial charge on any atom is -0.484 e. The summed E-state index contributed by atoms with van der Waals surface area (Å²) in [5.41, 5.74) is 13.3. The molecule has 11 heteroatoms. The number of nitrogens with zero attached hydrogens (tertiary/aromatic N) is 3. The van der Waals surface area contributed by atoms with Gasteiger partial charge in [0, 0.05) is 17.5 Å². The number of carbonyl (C=O) groups excluding carboxylic acids is 4. The lowest BCUT2D eigenvalue weighted by atomic mass is 10.0. The molecular formula is C30H30N6O5. The summed E-state index contributed by atoms with van der Waals surface area (Å²) in [6.07, 6.45) is 2.38. The fraction of sp³-hybridized carbons (Fsp3) is 0.233. The number of rotatable bonds is 8. The molecule has 11 nitrogen and oxygen atoms in total. The number of hydrogen-bond acceptors (Lipinski definition) is 6. The van der Waals surface area contributed by atoms with Crippen LogP contribution in [0.3, 0.4) is 0 Å². The highest BCUT2D eigenvalue weighted by molar-refractivity contribution is 6.34. The lowest BCUT2D eigenvalue weighted by Gasteiger charge is -2.26. The molecule has 0 radical (unpaired) electrons. The Morgan fingerprint density at radius 2 is 1.78 bits per heavy atom. The van der Waals surface area contributed by atoms with E-state index < -0.39 is 35.9 Å². The highest BCUT2D eigenvalue weighted by Gasteiger charge is 2.33. The van der Waals surface area contributed by atoms with Crippen LogP contribution in [0, 0.1) is 0 Å². The summed E-state index contributed by atoms with van der Waals surface area (Å²) in [6, 6.07) is 20.7. The first-order chi connectivity index (χ1) is 19.7. The SMILES string of the molecule is C[C@H](NC(=O)C(N)=O)[C@@H](Oc1ccc2c(cnn2-c2cccc(C(=O)N3CCC[C@@H]3C(N)=O)c2)c1)c1ccccc1. The van der Waals surface area contributed by atoms with E-state index in [1.54, 1.807) is 42.1 Å². The molecule has 4 amide bonds. The Balaban J connectivity index is 1.40. The maximum atomic E-state index is 13.2. The molecule has 0 aliphatic carbocycles. The molecule has 0 spiro atoms. The molecule has 0 unspecified atom stereocenters. The minimum atomic E-state index is -1.07. The minimum absolute atomic E-state index is 0.246. The van der Waals surface area contributed by atoms with E-state index >= 15 is 0 Å². The van der Waals surface area contributed by atoms with Crippen LogP contribution >= 0.6 is 0 Å². The summed E-state index contributed by atoms with van der Waals surface area (Å²) in [5, 5.41) is 7.91. The van der Waals surface area contributed by atoms with Gasteiger partial charge in [-0.1, -0.05) is 36.4 Å². The number of benzene rings is 3. The van der Waals surface area contributed by atoms with Crippen LogP contribution in [0.2, 0.25) is 0 Å². The zero-order chi connectivity index (χ0) is 29.1. The predicted molar refractivity (Wildman–Crippen MR) is 151 cm³/mol. The molecule has 2 heterocycles. The summed E-state index contributed by atoms with van der Waals surface area (Å²) in [7, 11) is 0. The number of nitrogens with two attached hydrogens (primary N) is 2. The predicted octanol–water partition coefficient (Wildman–Crippen LogP) is 2.23. The van der Waals surface area contributed by atoms with Gasteiger partial charge in [-0.3, -0.25) is 19.2 Å². The Labute approximate surface area is 236 Å². The Hall–Kier alpha value is -5.19. The van der Waals surface area contributed by atoms with Crippen molar-refractivity contribution in [3.8, 4) is 11.4 Å². The van der Waals surface area contributed by atoms with Crippen molar-refractivity contribution in [3.63, 3.8) is 0 Å². The van der Waals surface area contributed by atoms with E-state index in [2.05, 4.69) is 10.4 Å². The quantitative estimate of drug-likeness (QED) is 0.283. The Kier molecular flexibility index (Phi) is 7.68. The van der Waals surface area contributed by atoms with Crippen molar-refractivity contribution in [3.05, 3.63) is 90.1 Å². The third-order valence-corrected chi connectivity index (χ3v) is 7.15. The summed E-state index contributed by atoms with van der Waals surface area (Å²) < 4.78 is 8.03. The van der Waals surface area contributed by atoms with Gasteiger partial charge in [0.15, 0.2) is 0 Å². The maximum Gasteiger partial charge on any atom is 0.309 e. The van der Waals surface area contributed by atoms with Gasteiger partial charge in [0.2, 0.25) is 5.91 Å². The molecule has 0 saturated carbocycles. The van der Waals surface area contributed by atoms with Crippen LogP contribution in [-0.2, 0) is 14.4 Å². The number of amides is 4. The van der Waals surface area contributed by atoms with Crippen LogP contribution in [-0.4, -0.2) is 56.9 Å². The standard InChI is InChI=1S/C30H30N6O5/c1-18(34-29(39)28(32)38)26(19-7-3-2-4-8-19)41-23-12-13-24-21(16-23)17-33-36(24)22-10-5-9-20(15-22)30(40)35-14-6-11-25(35)27(31)37/h2-5,7-10,12-13,15-18,25-26H,6,11,14H2,1H3,(H2,31,37)(H2,32,38)(H,34,39)/t18-,25+,26+/m0/s1. The number of nitrogens with one attached hydrogen (secondary N) is 1. The molecule has 5 N–H and O–H groups in total. The van der Waals surface area contributed by atoms with Crippen molar-refractivity contribution >= 4 is 34.5 Å². The van der Waals surface area contributed by atoms with Crippen molar-refractivity contribution in [1.29, 1.82) is 0 Å². The van der Waals surface area contributed by atoms with Crippen molar-refractivity contribution in [2.75, 3.05) is 6.54 Å². The zero-order valence-electron chi connectivity index (χ0n) is 22.4. The third kappa shape index (κ3) is 5.74. The number of hydrogen-bond donors (Lipinski definition) is 3. The van der Waals surface area contributed by atoms with E-state index in [0.29, 0.717) is 30.0 Å². The second-order valence-corrected chi connectivity index (χ2v) is 9.96. The lowest BCUT2D eigenvalue weighted by molar-refractivity contribution is -0.138. The molecule has 1 fully saturated rings. The number of likely N-dealkylation sites (tertiary alicyclic amines) is 1. The molecule has 3 atom stereocenters. The summed E-state index contributed by atoms with van der Waals surface area (Å²) >= 11 is 0. The van der Waals surface area contributed by atoms with Crippen LogP contribution in [0.25, 0.3) is 16.6 Å². The van der Waals surface area contributed by atoms with Gasteiger partial charge in [-0.2, -0.15) is 5.10 Å². The Bertz CT molecular complexity index is 1620. The van der Waals surface area contributed by atoms with Crippen LogP contribution in [0.1, 0.15) is 41.8 Å². The van der Waals surface area contributed by atoms with E-state index in [-0.39, 0.29) is 5.91 Å². The summed E-state index contributed by atoms with van der Waals surface area (Å²) in [5.74, 6) is -2.18. The highest BCUT2D eigenvalue weighted by Crippen LogP contribution is 2.29. The molecule has 1 aliphatic heterocycles. The van der Waals surface area contributed by atoms with Gasteiger partial charge in [0.05, 0.1) is 23.4 Å². The number of ether oxygens (including phenoxy) is 1. The largest absolute Gasteiger partial charge is 0.484 e. The molecular weight excluding hydrogens is 524 g/mol. The number of fused-ring (bicyclic) bond motifs is 1. The highest BCUT2D eigenvalue weighted by atomic mass is 16.5. The van der Waals surface area contributed by atoms with Crippen molar-refractivity contribution < 1.29 is 23.9 Å². The van der Waals surface area contributed by atoms with E-state index in [4.69, 9.17) is 16.2 Å². The first kappa shape index (κ1) is 27.4. The van der Waals surface area contributed by atoms with Gasteiger partial charge in [-0.25, -0.2) is 4.68 Å². The first-order valence-electron chi connectivity index (χ1n) is 13.2. The smallest absolute Gasteiger partial charge is 0.309 e. The van der Waals surface area contributed by atoms with Crippen molar-refractivity contribution in [2.24, 2.45) is 11.5 Å². The van der Waals surface area contributed by atoms with Gasteiger partial charge in [-0.05, 0) is 61.7 Å². The third-order valence-electron chi connectivity index (χ3n) is 7.15. The van der Waals surface area contributed by atoms with Crippen molar-refractivity contribution in [2.45, 2.75) is 38.0 Å². The average molecular weight is 555 g/mol. The van der Waals surface area contributed by atoms with Crippen LogP contribution in [0.5, 0.6) is 5.75 Å². The lowest BCUT2D eigenvalue weighted by Crippen LogP contribution is -2.44. The van der Waals surface area contributed by atoms with Gasteiger partial charge < -0.3 is 26.4 Å². The number of aromatic nitrogens is 2. The van der Waals surface area contributed by atoms with Gasteiger partial charge in [0.25, 0.3) is 5.91 Å². The topological polar surface area (TPSA) is 163 Å². The fourth-order valence-corrected chi connectivity index (χ4v) is 5.13. The van der Waals surface area contributed by atoms with Gasteiger partial charge >= 0.3 is 11.8 Å². The van der Waals surface area contributed by atoms with Crippen molar-refractivity contribution in [1.82, 2.24) is 20.0 Å². The number of primary amides is 2. The first-order valence-corrected chi connectivity index (χ1v) is 13.2. The van der Waals surface area contributed by atoms with E-state index in [1.807, 2.05) is 48.5 Å². The zero-order valence-corrected chi connectivity index (χ0v) is 22.4.